The summed E-state index contributed by atoms with van der Waals surface area (Å²) in [5.74, 6) is 0.687. The van der Waals surface area contributed by atoms with Crippen LogP contribution in [0.5, 0.6) is 0 Å². The Labute approximate surface area is 131 Å². The van der Waals surface area contributed by atoms with E-state index < -0.39 is 0 Å². The molecule has 0 spiro atoms. The number of ether oxygens (including phenoxy) is 1. The lowest BCUT2D eigenvalue weighted by Crippen LogP contribution is -2.20. The van der Waals surface area contributed by atoms with Gasteiger partial charge in [-0.05, 0) is 36.0 Å². The zero-order chi connectivity index (χ0) is 13.8. The van der Waals surface area contributed by atoms with Gasteiger partial charge in [0.15, 0.2) is 0 Å². The van der Waals surface area contributed by atoms with Gasteiger partial charge in [-0.25, -0.2) is 0 Å². The Balaban J connectivity index is 0.00000161. The molecule has 114 valence electrons. The van der Waals surface area contributed by atoms with E-state index in [1.165, 1.54) is 5.56 Å². The van der Waals surface area contributed by atoms with E-state index >= 15 is 0 Å². The summed E-state index contributed by atoms with van der Waals surface area (Å²) in [7, 11) is 0. The first-order chi connectivity index (χ1) is 9.85. The fourth-order valence-corrected chi connectivity index (χ4v) is 2.68. The van der Waals surface area contributed by atoms with Crippen LogP contribution in [0.15, 0.2) is 36.7 Å². The van der Waals surface area contributed by atoms with Gasteiger partial charge in [0.1, 0.15) is 0 Å². The summed E-state index contributed by atoms with van der Waals surface area (Å²) >= 11 is 0. The Hall–Kier alpha value is -1.36. The maximum Gasteiger partial charge on any atom is 0.0568 e. The van der Waals surface area contributed by atoms with Crippen molar-refractivity contribution in [1.29, 1.82) is 0 Å². The molecule has 3 rings (SSSR count). The second-order valence-electron chi connectivity index (χ2n) is 5.41. The number of nitrogens with zero attached hydrogens (tertiary/aromatic N) is 2. The minimum Gasteiger partial charge on any atom is -0.381 e. The fourth-order valence-electron chi connectivity index (χ4n) is 2.68. The molecule has 1 aromatic heterocycles. The molecular weight excluding hydrogens is 286 g/mol. The van der Waals surface area contributed by atoms with E-state index in [-0.39, 0.29) is 12.4 Å². The van der Waals surface area contributed by atoms with Crippen molar-refractivity contribution in [3.63, 3.8) is 0 Å². The number of nitrogens with two attached hydrogens (primary N) is 1. The predicted molar refractivity (Wildman–Crippen MR) is 86.3 cm³/mol. The third-order valence-corrected chi connectivity index (χ3v) is 3.92. The first kappa shape index (κ1) is 16.0. The first-order valence-corrected chi connectivity index (χ1v) is 7.25. The van der Waals surface area contributed by atoms with Crippen LogP contribution >= 0.6 is 12.4 Å². The predicted octanol–water partition coefficient (Wildman–Crippen LogP) is 2.86. The van der Waals surface area contributed by atoms with E-state index in [0.29, 0.717) is 12.5 Å². The van der Waals surface area contributed by atoms with E-state index in [4.69, 9.17) is 10.5 Å². The highest BCUT2D eigenvalue weighted by Crippen LogP contribution is 2.22. The highest BCUT2D eigenvalue weighted by atomic mass is 35.5. The van der Waals surface area contributed by atoms with Crippen molar-refractivity contribution in [3.8, 4) is 11.1 Å². The average Bonchev–Trinajstić information content (AvgIpc) is 2.97. The molecule has 2 aromatic rings. The summed E-state index contributed by atoms with van der Waals surface area (Å²) in [4.78, 5) is 0. The van der Waals surface area contributed by atoms with Gasteiger partial charge < -0.3 is 10.5 Å². The molecule has 0 amide bonds. The van der Waals surface area contributed by atoms with Gasteiger partial charge in [0.25, 0.3) is 0 Å². The zero-order valence-electron chi connectivity index (χ0n) is 12.1. The highest BCUT2D eigenvalue weighted by molar-refractivity contribution is 5.85. The van der Waals surface area contributed by atoms with Gasteiger partial charge in [-0.2, -0.15) is 5.10 Å². The molecule has 0 unspecified atom stereocenters. The van der Waals surface area contributed by atoms with E-state index in [1.807, 2.05) is 12.3 Å². The Morgan fingerprint density at radius 3 is 2.81 bits per heavy atom. The van der Waals surface area contributed by atoms with Gasteiger partial charge in [0.05, 0.1) is 6.20 Å². The quantitative estimate of drug-likeness (QED) is 0.945. The van der Waals surface area contributed by atoms with Crippen molar-refractivity contribution in [2.24, 2.45) is 11.7 Å². The molecule has 1 aliphatic heterocycles. The first-order valence-electron chi connectivity index (χ1n) is 7.25. The maximum atomic E-state index is 5.69. The molecule has 0 radical (unpaired) electrons. The van der Waals surface area contributed by atoms with Crippen molar-refractivity contribution in [3.05, 3.63) is 42.2 Å². The molecule has 21 heavy (non-hydrogen) atoms. The molecule has 0 aliphatic carbocycles. The van der Waals surface area contributed by atoms with Crippen LogP contribution < -0.4 is 5.73 Å². The van der Waals surface area contributed by atoms with Crippen LogP contribution in [0.4, 0.5) is 0 Å². The normalized spacial score (nSPS) is 15.7. The molecule has 4 nitrogen and oxygen atoms in total. The molecule has 0 bridgehead atoms. The number of benzene rings is 1. The largest absolute Gasteiger partial charge is 0.381 e. The van der Waals surface area contributed by atoms with Crippen LogP contribution in [0, 0.1) is 5.92 Å². The topological polar surface area (TPSA) is 53.1 Å². The second-order valence-corrected chi connectivity index (χ2v) is 5.41. The summed E-state index contributed by atoms with van der Waals surface area (Å²) in [6.45, 7) is 3.33. The number of rotatable bonds is 4. The minimum atomic E-state index is 0. The van der Waals surface area contributed by atoms with Gasteiger partial charge in [-0.3, -0.25) is 4.68 Å². The summed E-state index contributed by atoms with van der Waals surface area (Å²) in [5.41, 5.74) is 9.19. The van der Waals surface area contributed by atoms with Crippen LogP contribution in [0.25, 0.3) is 11.1 Å². The molecule has 5 heteroatoms. The van der Waals surface area contributed by atoms with Crippen molar-refractivity contribution in [2.75, 3.05) is 13.2 Å². The SMILES string of the molecule is Cl.NCc1cccc(-c2cnn(CC3CCOCC3)c2)c1. The lowest BCUT2D eigenvalue weighted by atomic mass is 10.0. The fraction of sp³-hybridized carbons (Fsp3) is 0.438. The van der Waals surface area contributed by atoms with Crippen LogP contribution in [0.3, 0.4) is 0 Å². The third-order valence-electron chi connectivity index (χ3n) is 3.92. The van der Waals surface area contributed by atoms with Gasteiger partial charge in [-0.1, -0.05) is 18.2 Å². The van der Waals surface area contributed by atoms with Crippen molar-refractivity contribution in [1.82, 2.24) is 9.78 Å². The average molecular weight is 308 g/mol. The lowest BCUT2D eigenvalue weighted by Gasteiger charge is -2.21. The standard InChI is InChI=1S/C16H21N3O.ClH/c17-9-14-2-1-3-15(8-14)16-10-18-19(12-16)11-13-4-6-20-7-5-13;/h1-3,8,10,12-13H,4-7,9,11,17H2;1H. The van der Waals surface area contributed by atoms with E-state index in [9.17, 15) is 0 Å². The third kappa shape index (κ3) is 4.06. The molecule has 0 saturated carbocycles. The Bertz CT molecular complexity index is 564. The molecule has 1 fully saturated rings. The summed E-state index contributed by atoms with van der Waals surface area (Å²) in [6, 6.07) is 8.34. The van der Waals surface area contributed by atoms with Gasteiger partial charge >= 0.3 is 0 Å². The Morgan fingerprint density at radius 2 is 2.05 bits per heavy atom. The maximum absolute atomic E-state index is 5.69. The van der Waals surface area contributed by atoms with Crippen LogP contribution in [-0.2, 0) is 17.8 Å². The molecule has 1 aliphatic rings. The number of hydrogen-bond donors (Lipinski definition) is 1. The van der Waals surface area contributed by atoms with Crippen molar-refractivity contribution in [2.45, 2.75) is 25.9 Å². The smallest absolute Gasteiger partial charge is 0.0568 e. The van der Waals surface area contributed by atoms with Crippen molar-refractivity contribution >= 4 is 12.4 Å². The number of aromatic nitrogens is 2. The molecule has 2 heterocycles. The molecule has 0 atom stereocenters. The number of hydrogen-bond acceptors (Lipinski definition) is 3. The van der Waals surface area contributed by atoms with E-state index in [0.717, 1.165) is 43.7 Å². The van der Waals surface area contributed by atoms with Gasteiger partial charge in [-0.15, -0.1) is 12.4 Å². The van der Waals surface area contributed by atoms with Crippen LogP contribution in [0.2, 0.25) is 0 Å². The number of halogens is 1. The second kappa shape index (κ2) is 7.59. The Morgan fingerprint density at radius 1 is 1.24 bits per heavy atom. The van der Waals surface area contributed by atoms with Crippen LogP contribution in [0.1, 0.15) is 18.4 Å². The Kier molecular flexibility index (Phi) is 5.79. The summed E-state index contributed by atoms with van der Waals surface area (Å²) in [5, 5.41) is 4.49. The van der Waals surface area contributed by atoms with Gasteiger partial charge in [0.2, 0.25) is 0 Å². The monoisotopic (exact) mass is 307 g/mol. The van der Waals surface area contributed by atoms with Gasteiger partial charge in [0, 0.05) is 38.1 Å². The van der Waals surface area contributed by atoms with Crippen molar-refractivity contribution < 1.29 is 4.74 Å². The van der Waals surface area contributed by atoms with Crippen LogP contribution in [-0.4, -0.2) is 23.0 Å². The van der Waals surface area contributed by atoms with E-state index in [1.54, 1.807) is 0 Å². The molecule has 1 saturated heterocycles. The van der Waals surface area contributed by atoms with E-state index in [2.05, 4.69) is 34.2 Å². The molecule has 2 N–H and O–H groups in total. The lowest BCUT2D eigenvalue weighted by molar-refractivity contribution is 0.0601. The highest BCUT2D eigenvalue weighted by Gasteiger charge is 2.14. The zero-order valence-corrected chi connectivity index (χ0v) is 12.9. The minimum absolute atomic E-state index is 0. The molecule has 1 aromatic carbocycles. The molecular formula is C16H22ClN3O. The summed E-state index contributed by atoms with van der Waals surface area (Å²) in [6.07, 6.45) is 6.34. The summed E-state index contributed by atoms with van der Waals surface area (Å²) < 4.78 is 7.45.